The summed E-state index contributed by atoms with van der Waals surface area (Å²) >= 11 is 1.41. The van der Waals surface area contributed by atoms with Gasteiger partial charge in [0.15, 0.2) is 0 Å². The van der Waals surface area contributed by atoms with Gasteiger partial charge in [0, 0.05) is 59.3 Å². The Bertz CT molecular complexity index is 1110. The third-order valence-corrected chi connectivity index (χ3v) is 6.58. The topological polar surface area (TPSA) is 103 Å². The van der Waals surface area contributed by atoms with Gasteiger partial charge in [0.1, 0.15) is 5.69 Å². The fraction of sp³-hybridized carbons (Fsp3) is 0.417. The second-order valence-electron chi connectivity index (χ2n) is 8.94. The molecule has 8 heteroatoms. The van der Waals surface area contributed by atoms with Crippen molar-refractivity contribution in [3.63, 3.8) is 0 Å². The van der Waals surface area contributed by atoms with E-state index in [-0.39, 0.29) is 11.6 Å². The first-order chi connectivity index (χ1) is 15.4. The molecule has 168 valence electrons. The van der Waals surface area contributed by atoms with Gasteiger partial charge in [0.05, 0.1) is 5.56 Å². The molecule has 0 bridgehead atoms. The summed E-state index contributed by atoms with van der Waals surface area (Å²) in [6.07, 6.45) is 9.22. The molecule has 1 aliphatic rings. The van der Waals surface area contributed by atoms with Crippen LogP contribution < -0.4 is 16.6 Å². The summed E-state index contributed by atoms with van der Waals surface area (Å²) in [5.41, 5.74) is 9.46. The van der Waals surface area contributed by atoms with Crippen molar-refractivity contribution in [1.29, 1.82) is 0 Å². The Hall–Kier alpha value is -3.00. The van der Waals surface area contributed by atoms with Crippen molar-refractivity contribution in [2.24, 2.45) is 11.7 Å². The number of nitrogens with zero attached hydrogens (tertiary/aromatic N) is 3. The monoisotopic (exact) mass is 451 g/mol. The number of nitrogens with two attached hydrogens (primary N) is 1. The summed E-state index contributed by atoms with van der Waals surface area (Å²) < 4.78 is 6.03. The molecule has 0 aromatic carbocycles. The van der Waals surface area contributed by atoms with E-state index in [2.05, 4.69) is 28.5 Å². The molecule has 0 atom stereocenters. The Morgan fingerprint density at radius 2 is 2.00 bits per heavy atom. The van der Waals surface area contributed by atoms with Crippen LogP contribution in [0.4, 0.5) is 5.69 Å². The van der Waals surface area contributed by atoms with Crippen LogP contribution in [0.1, 0.15) is 61.5 Å². The maximum absolute atomic E-state index is 13.1. The number of primary amides is 1. The number of anilines is 1. The number of nitrogens with one attached hydrogen (secondary N) is 1. The molecule has 0 spiro atoms. The molecule has 1 amide bonds. The smallest absolute Gasteiger partial charge is 0.273 e. The van der Waals surface area contributed by atoms with Crippen LogP contribution in [-0.2, 0) is 6.54 Å². The van der Waals surface area contributed by atoms with Crippen molar-refractivity contribution < 1.29 is 4.79 Å². The highest BCUT2D eigenvalue weighted by atomic mass is 32.1. The minimum Gasteiger partial charge on any atom is -0.378 e. The Morgan fingerprint density at radius 1 is 1.22 bits per heavy atom. The molecule has 32 heavy (non-hydrogen) atoms. The molecule has 3 heterocycles. The lowest BCUT2D eigenvalue weighted by atomic mass is 9.83. The van der Waals surface area contributed by atoms with Crippen molar-refractivity contribution in [2.45, 2.75) is 58.0 Å². The summed E-state index contributed by atoms with van der Waals surface area (Å²) in [7, 11) is 0. The molecule has 1 fully saturated rings. The molecule has 0 saturated heterocycles. The Balaban J connectivity index is 1.48. The predicted molar refractivity (Wildman–Crippen MR) is 128 cm³/mol. The average molecular weight is 452 g/mol. The second-order valence-corrected chi connectivity index (χ2v) is 9.59. The standard InChI is InChI=1S/C24H29N5O2S/c1-15(2)12-29-13-18(19-11-27-32-14-19)9-22(24(29)31)28-20-6-3-16(4-7-20)21-8-5-17(10-26-21)23(25)30/h5,8-11,13-16,20,28H,3-4,6-7,12H2,1-2H3,(H2,25,30). The lowest BCUT2D eigenvalue weighted by molar-refractivity contribution is 0.1000. The minimum atomic E-state index is -0.458. The molecule has 4 rings (SSSR count). The summed E-state index contributed by atoms with van der Waals surface area (Å²) in [6.45, 7) is 4.91. The SMILES string of the molecule is CC(C)Cn1cc(-c2cnsc2)cc(NC2CCC(c3ccc(C(N)=O)cn3)CC2)c1=O. The molecular weight excluding hydrogens is 422 g/mol. The summed E-state index contributed by atoms with van der Waals surface area (Å²) in [5, 5.41) is 5.53. The summed E-state index contributed by atoms with van der Waals surface area (Å²) in [4.78, 5) is 28.8. The van der Waals surface area contributed by atoms with Crippen molar-refractivity contribution in [3.05, 3.63) is 63.8 Å². The van der Waals surface area contributed by atoms with Crippen LogP contribution in [0, 0.1) is 5.92 Å². The van der Waals surface area contributed by atoms with Gasteiger partial charge in [0.25, 0.3) is 5.56 Å². The van der Waals surface area contributed by atoms with E-state index in [1.54, 1.807) is 12.3 Å². The van der Waals surface area contributed by atoms with Gasteiger partial charge >= 0.3 is 0 Å². The molecular formula is C24H29N5O2S. The van der Waals surface area contributed by atoms with E-state index < -0.39 is 5.91 Å². The second kappa shape index (κ2) is 9.65. The molecule has 3 aromatic rings. The molecule has 7 nitrogen and oxygen atoms in total. The van der Waals surface area contributed by atoms with Crippen LogP contribution in [-0.4, -0.2) is 25.9 Å². The lowest BCUT2D eigenvalue weighted by Crippen LogP contribution is -2.31. The van der Waals surface area contributed by atoms with Crippen LogP contribution in [0.2, 0.25) is 0 Å². The average Bonchev–Trinajstić information content (AvgIpc) is 3.32. The fourth-order valence-corrected chi connectivity index (χ4v) is 4.87. The third-order valence-electron chi connectivity index (χ3n) is 5.99. The highest BCUT2D eigenvalue weighted by Gasteiger charge is 2.24. The fourth-order valence-electron chi connectivity index (χ4n) is 4.32. The third kappa shape index (κ3) is 5.07. The zero-order chi connectivity index (χ0) is 22.7. The molecule has 1 saturated carbocycles. The molecule has 1 aliphatic carbocycles. The predicted octanol–water partition coefficient (Wildman–Crippen LogP) is 4.26. The van der Waals surface area contributed by atoms with Gasteiger partial charge in [-0.05, 0) is 61.3 Å². The molecule has 3 N–H and O–H groups in total. The van der Waals surface area contributed by atoms with Gasteiger partial charge in [-0.2, -0.15) is 0 Å². The van der Waals surface area contributed by atoms with Crippen molar-refractivity contribution in [2.75, 3.05) is 5.32 Å². The number of pyridine rings is 2. The quantitative estimate of drug-likeness (QED) is 0.559. The number of hydrogen-bond donors (Lipinski definition) is 2. The van der Waals surface area contributed by atoms with E-state index in [4.69, 9.17) is 5.73 Å². The summed E-state index contributed by atoms with van der Waals surface area (Å²) in [5.74, 6) is 0.275. The van der Waals surface area contributed by atoms with Gasteiger partial charge < -0.3 is 15.6 Å². The first-order valence-corrected chi connectivity index (χ1v) is 11.9. The number of carbonyl (C=O) groups is 1. The first-order valence-electron chi connectivity index (χ1n) is 11.1. The van der Waals surface area contributed by atoms with E-state index in [0.29, 0.717) is 29.6 Å². The van der Waals surface area contributed by atoms with Crippen LogP contribution in [0.5, 0.6) is 0 Å². The van der Waals surface area contributed by atoms with Crippen LogP contribution in [0.15, 0.2) is 47.0 Å². The minimum absolute atomic E-state index is 0.0245. The van der Waals surface area contributed by atoms with Crippen molar-refractivity contribution >= 4 is 23.1 Å². The van der Waals surface area contributed by atoms with Gasteiger partial charge in [-0.3, -0.25) is 14.6 Å². The van der Waals surface area contributed by atoms with E-state index in [1.165, 1.54) is 11.5 Å². The maximum Gasteiger partial charge on any atom is 0.273 e. The highest BCUT2D eigenvalue weighted by Crippen LogP contribution is 2.33. The molecule has 0 aliphatic heterocycles. The van der Waals surface area contributed by atoms with Gasteiger partial charge in [0.2, 0.25) is 5.91 Å². The van der Waals surface area contributed by atoms with Crippen molar-refractivity contribution in [1.82, 2.24) is 13.9 Å². The highest BCUT2D eigenvalue weighted by molar-refractivity contribution is 7.03. The van der Waals surface area contributed by atoms with Crippen LogP contribution in [0.25, 0.3) is 11.1 Å². The number of carbonyl (C=O) groups excluding carboxylic acids is 1. The molecule has 0 unspecified atom stereocenters. The first kappa shape index (κ1) is 22.2. The van der Waals surface area contributed by atoms with Crippen molar-refractivity contribution in [3.8, 4) is 11.1 Å². The molecule has 3 aromatic heterocycles. The number of hydrogen-bond acceptors (Lipinski definition) is 6. The summed E-state index contributed by atoms with van der Waals surface area (Å²) in [6, 6.07) is 5.85. The van der Waals surface area contributed by atoms with Gasteiger partial charge in [-0.25, -0.2) is 4.37 Å². The van der Waals surface area contributed by atoms with E-state index in [9.17, 15) is 9.59 Å². The number of amides is 1. The zero-order valence-corrected chi connectivity index (χ0v) is 19.3. The van der Waals surface area contributed by atoms with E-state index >= 15 is 0 Å². The largest absolute Gasteiger partial charge is 0.378 e. The zero-order valence-electron chi connectivity index (χ0n) is 18.5. The number of aromatic nitrogens is 3. The normalized spacial score (nSPS) is 18.6. The van der Waals surface area contributed by atoms with E-state index in [1.807, 2.05) is 34.5 Å². The van der Waals surface area contributed by atoms with Crippen LogP contribution >= 0.6 is 11.5 Å². The lowest BCUT2D eigenvalue weighted by Gasteiger charge is -2.29. The Labute approximate surface area is 191 Å². The van der Waals surface area contributed by atoms with Gasteiger partial charge in [-0.15, -0.1) is 0 Å². The Kier molecular flexibility index (Phi) is 6.69. The maximum atomic E-state index is 13.1. The number of rotatable bonds is 7. The van der Waals surface area contributed by atoms with E-state index in [0.717, 1.165) is 42.5 Å². The molecule has 0 radical (unpaired) electrons. The Morgan fingerprint density at radius 3 is 2.59 bits per heavy atom. The van der Waals surface area contributed by atoms with Crippen LogP contribution in [0.3, 0.4) is 0 Å². The van der Waals surface area contributed by atoms with Gasteiger partial charge in [-0.1, -0.05) is 13.8 Å².